The summed E-state index contributed by atoms with van der Waals surface area (Å²) in [6.07, 6.45) is 0. The Balaban J connectivity index is 2.21. The van der Waals surface area contributed by atoms with Gasteiger partial charge in [0.25, 0.3) is 0 Å². The van der Waals surface area contributed by atoms with Crippen LogP contribution in [0.4, 0.5) is 10.1 Å². The maximum absolute atomic E-state index is 13.4. The van der Waals surface area contributed by atoms with Gasteiger partial charge in [0.05, 0.1) is 11.6 Å². The second kappa shape index (κ2) is 6.59. The monoisotopic (exact) mass is 401 g/mol. The van der Waals surface area contributed by atoms with E-state index < -0.39 is 0 Å². The predicted molar refractivity (Wildman–Crippen MR) is 86.9 cm³/mol. The molecule has 0 amide bonds. The van der Waals surface area contributed by atoms with E-state index in [1.165, 1.54) is 6.07 Å². The van der Waals surface area contributed by atoms with Gasteiger partial charge >= 0.3 is 0 Å². The third kappa shape index (κ3) is 3.52. The number of aryl methyl sites for hydroxylation is 1. The Morgan fingerprint density at radius 3 is 2.65 bits per heavy atom. The molecule has 5 heteroatoms. The highest BCUT2D eigenvalue weighted by molar-refractivity contribution is 9.10. The molecule has 2 aromatic rings. The van der Waals surface area contributed by atoms with Gasteiger partial charge in [0.1, 0.15) is 11.6 Å². The van der Waals surface area contributed by atoms with Crippen molar-refractivity contribution >= 4 is 37.5 Å². The van der Waals surface area contributed by atoms with Gasteiger partial charge < -0.3 is 10.1 Å². The minimum atomic E-state index is -0.256. The number of halogens is 3. The van der Waals surface area contributed by atoms with Crippen LogP contribution in [0.15, 0.2) is 39.3 Å². The average Bonchev–Trinajstić information content (AvgIpc) is 2.41. The van der Waals surface area contributed by atoms with Crippen molar-refractivity contribution in [2.24, 2.45) is 0 Å². The highest BCUT2D eigenvalue weighted by Crippen LogP contribution is 2.27. The molecule has 0 aliphatic carbocycles. The van der Waals surface area contributed by atoms with E-state index in [-0.39, 0.29) is 5.82 Å². The normalized spacial score (nSPS) is 10.4. The van der Waals surface area contributed by atoms with Crippen molar-refractivity contribution in [3.05, 3.63) is 56.2 Å². The van der Waals surface area contributed by atoms with Crippen molar-refractivity contribution in [3.63, 3.8) is 0 Å². The van der Waals surface area contributed by atoms with Gasteiger partial charge in [-0.25, -0.2) is 4.39 Å². The Kier molecular flexibility index (Phi) is 5.05. The van der Waals surface area contributed by atoms with Crippen LogP contribution in [0.2, 0.25) is 0 Å². The molecule has 0 aromatic heterocycles. The van der Waals surface area contributed by atoms with Crippen molar-refractivity contribution in [2.75, 3.05) is 12.4 Å². The van der Waals surface area contributed by atoms with Crippen LogP contribution in [-0.4, -0.2) is 7.11 Å². The van der Waals surface area contributed by atoms with E-state index in [0.717, 1.165) is 27.0 Å². The molecule has 20 heavy (non-hydrogen) atoms. The summed E-state index contributed by atoms with van der Waals surface area (Å²) in [5.41, 5.74) is 2.78. The number of hydrogen-bond acceptors (Lipinski definition) is 2. The first-order valence-corrected chi connectivity index (χ1v) is 7.62. The van der Waals surface area contributed by atoms with E-state index in [1.807, 2.05) is 25.1 Å². The summed E-state index contributed by atoms with van der Waals surface area (Å²) in [5, 5.41) is 3.30. The zero-order valence-corrected chi connectivity index (χ0v) is 14.3. The van der Waals surface area contributed by atoms with Gasteiger partial charge in [0, 0.05) is 22.3 Å². The predicted octanol–water partition coefficient (Wildman–Crippen LogP) is 5.28. The van der Waals surface area contributed by atoms with Crippen LogP contribution in [0.1, 0.15) is 11.1 Å². The highest BCUT2D eigenvalue weighted by Gasteiger charge is 2.07. The number of methoxy groups -OCH3 is 1. The van der Waals surface area contributed by atoms with Crippen LogP contribution in [-0.2, 0) is 6.54 Å². The van der Waals surface area contributed by atoms with Crippen LogP contribution in [0.5, 0.6) is 5.75 Å². The quantitative estimate of drug-likeness (QED) is 0.751. The Morgan fingerprint density at radius 2 is 1.95 bits per heavy atom. The van der Waals surface area contributed by atoms with Gasteiger partial charge in [-0.05, 0) is 58.7 Å². The highest BCUT2D eigenvalue weighted by atomic mass is 79.9. The molecule has 0 aliphatic rings. The van der Waals surface area contributed by atoms with Crippen LogP contribution in [0.3, 0.4) is 0 Å². The van der Waals surface area contributed by atoms with Crippen LogP contribution < -0.4 is 10.1 Å². The number of ether oxygens (including phenoxy) is 1. The molecule has 0 unspecified atom stereocenters. The molecular formula is C15H14Br2FNO. The first-order valence-electron chi connectivity index (χ1n) is 6.03. The van der Waals surface area contributed by atoms with Crippen molar-refractivity contribution in [3.8, 4) is 5.75 Å². The van der Waals surface area contributed by atoms with E-state index in [0.29, 0.717) is 11.0 Å². The molecule has 0 aliphatic heterocycles. The molecule has 0 radical (unpaired) electrons. The fourth-order valence-corrected chi connectivity index (χ4v) is 2.66. The van der Waals surface area contributed by atoms with Gasteiger partial charge in [-0.15, -0.1) is 0 Å². The first-order chi connectivity index (χ1) is 9.51. The third-order valence-corrected chi connectivity index (χ3v) is 4.08. The second-order valence-corrected chi connectivity index (χ2v) is 6.16. The van der Waals surface area contributed by atoms with Crippen LogP contribution >= 0.6 is 31.9 Å². The molecule has 0 fully saturated rings. The van der Waals surface area contributed by atoms with Gasteiger partial charge in [-0.3, -0.25) is 0 Å². The molecule has 0 atom stereocenters. The topological polar surface area (TPSA) is 21.3 Å². The SMILES string of the molecule is COc1ccc(Br)cc1CNc1cc(Br)c(F)cc1C. The molecule has 0 saturated carbocycles. The maximum atomic E-state index is 13.4. The Labute approximate surface area is 134 Å². The summed E-state index contributed by atoms with van der Waals surface area (Å²) >= 11 is 6.65. The van der Waals surface area contributed by atoms with E-state index in [9.17, 15) is 4.39 Å². The van der Waals surface area contributed by atoms with Gasteiger partial charge in [-0.2, -0.15) is 0 Å². The van der Waals surface area contributed by atoms with Crippen LogP contribution in [0.25, 0.3) is 0 Å². The maximum Gasteiger partial charge on any atom is 0.137 e. The smallest absolute Gasteiger partial charge is 0.137 e. The lowest BCUT2D eigenvalue weighted by Crippen LogP contribution is -2.03. The van der Waals surface area contributed by atoms with Crippen LogP contribution in [0, 0.1) is 12.7 Å². The number of benzene rings is 2. The molecule has 2 rings (SSSR count). The largest absolute Gasteiger partial charge is 0.496 e. The molecule has 106 valence electrons. The third-order valence-electron chi connectivity index (χ3n) is 2.98. The molecule has 0 heterocycles. The number of anilines is 1. The molecule has 0 spiro atoms. The zero-order chi connectivity index (χ0) is 14.7. The lowest BCUT2D eigenvalue weighted by molar-refractivity contribution is 0.410. The fourth-order valence-electron chi connectivity index (χ4n) is 1.91. The van der Waals surface area contributed by atoms with E-state index in [2.05, 4.69) is 37.2 Å². The van der Waals surface area contributed by atoms with Crippen molar-refractivity contribution in [1.29, 1.82) is 0 Å². The fraction of sp³-hybridized carbons (Fsp3) is 0.200. The lowest BCUT2D eigenvalue weighted by atomic mass is 10.1. The number of rotatable bonds is 4. The number of hydrogen-bond donors (Lipinski definition) is 1. The van der Waals surface area contributed by atoms with Crippen molar-refractivity contribution < 1.29 is 9.13 Å². The molecule has 2 aromatic carbocycles. The summed E-state index contributed by atoms with van der Waals surface area (Å²) < 4.78 is 20.2. The molecule has 1 N–H and O–H groups in total. The van der Waals surface area contributed by atoms with Crippen molar-refractivity contribution in [2.45, 2.75) is 13.5 Å². The van der Waals surface area contributed by atoms with Gasteiger partial charge in [-0.1, -0.05) is 15.9 Å². The minimum absolute atomic E-state index is 0.256. The van der Waals surface area contributed by atoms with E-state index >= 15 is 0 Å². The van der Waals surface area contributed by atoms with E-state index in [1.54, 1.807) is 13.2 Å². The molecular weight excluding hydrogens is 389 g/mol. The van der Waals surface area contributed by atoms with E-state index in [4.69, 9.17) is 4.74 Å². The average molecular weight is 403 g/mol. The molecule has 0 saturated heterocycles. The van der Waals surface area contributed by atoms with Gasteiger partial charge in [0.2, 0.25) is 0 Å². The second-order valence-electron chi connectivity index (χ2n) is 4.39. The first kappa shape index (κ1) is 15.3. The summed E-state index contributed by atoms with van der Waals surface area (Å²) in [4.78, 5) is 0. The zero-order valence-electron chi connectivity index (χ0n) is 11.1. The summed E-state index contributed by atoms with van der Waals surface area (Å²) in [6.45, 7) is 2.47. The van der Waals surface area contributed by atoms with Gasteiger partial charge in [0.15, 0.2) is 0 Å². The summed E-state index contributed by atoms with van der Waals surface area (Å²) in [5.74, 6) is 0.563. The Morgan fingerprint density at radius 1 is 1.20 bits per heavy atom. The summed E-state index contributed by atoms with van der Waals surface area (Å²) in [7, 11) is 1.65. The number of nitrogens with one attached hydrogen (secondary N) is 1. The standard InChI is InChI=1S/C15H14Br2FNO/c1-9-5-13(18)12(17)7-14(9)19-8-10-6-11(16)3-4-15(10)20-2/h3-7,19H,8H2,1-2H3. The lowest BCUT2D eigenvalue weighted by Gasteiger charge is -2.13. The molecule has 2 nitrogen and oxygen atoms in total. The summed E-state index contributed by atoms with van der Waals surface area (Å²) in [6, 6.07) is 9.09. The Hall–Kier alpha value is -1.07. The molecule has 0 bridgehead atoms. The minimum Gasteiger partial charge on any atom is -0.496 e. The Bertz CT molecular complexity index is 632. The van der Waals surface area contributed by atoms with Crippen molar-refractivity contribution in [1.82, 2.24) is 0 Å².